The Hall–Kier alpha value is -1.16. The molecule has 2 aromatic carbocycles. The molecule has 0 unspecified atom stereocenters. The molecule has 4 nitrogen and oxygen atoms in total. The summed E-state index contributed by atoms with van der Waals surface area (Å²) in [5.41, 5.74) is 7.43. The number of nitrogens with zero attached hydrogens (tertiary/aromatic N) is 2. The number of benzene rings is 2. The molecule has 0 fully saturated rings. The van der Waals surface area contributed by atoms with Gasteiger partial charge in [-0.15, -0.1) is 0 Å². The van der Waals surface area contributed by atoms with Gasteiger partial charge in [-0.3, -0.25) is 0 Å². The maximum atomic E-state index is 4.62. The van der Waals surface area contributed by atoms with Gasteiger partial charge in [0.05, 0.1) is 0 Å². The van der Waals surface area contributed by atoms with E-state index in [9.17, 15) is 0 Å². The van der Waals surface area contributed by atoms with Crippen LogP contribution in [0, 0.1) is 27.7 Å². The van der Waals surface area contributed by atoms with E-state index < -0.39 is 23.2 Å². The second kappa shape index (κ2) is 7.61. The predicted molar refractivity (Wildman–Crippen MR) is 90.4 cm³/mol. The van der Waals surface area contributed by atoms with Gasteiger partial charge in [-0.2, -0.15) is 0 Å². The monoisotopic (exact) mass is 450 g/mol. The molecule has 0 spiro atoms. The Labute approximate surface area is 170 Å². The van der Waals surface area contributed by atoms with Crippen molar-refractivity contribution in [1.29, 1.82) is 0 Å². The van der Waals surface area contributed by atoms with Crippen LogP contribution in [-0.4, -0.2) is 20.4 Å². The molecule has 4 aromatic rings. The van der Waals surface area contributed by atoms with Crippen molar-refractivity contribution in [2.45, 2.75) is 27.7 Å². The van der Waals surface area contributed by atoms with Crippen LogP contribution in [0.15, 0.2) is 24.3 Å². The first-order valence-corrected chi connectivity index (χ1v) is 10.2. The second-order valence-corrected chi connectivity index (χ2v) is 9.22. The fourth-order valence-corrected chi connectivity index (χ4v) is 5.98. The second-order valence-electron chi connectivity index (χ2n) is 6.28. The van der Waals surface area contributed by atoms with Crippen LogP contribution in [0.2, 0.25) is 0 Å². The number of hydrogen-bond donors (Lipinski definition) is 2. The first kappa shape index (κ1) is 20.2. The van der Waals surface area contributed by atoms with Crippen LogP contribution < -0.4 is 31.6 Å². The number of nitrogens with one attached hydrogen (secondary N) is 2. The molecule has 0 aliphatic carbocycles. The van der Waals surface area contributed by atoms with Crippen molar-refractivity contribution in [1.82, 2.24) is 20.4 Å². The molecule has 0 radical (unpaired) electrons. The van der Waals surface area contributed by atoms with Crippen LogP contribution in [0.25, 0.3) is 21.8 Å². The van der Waals surface area contributed by atoms with Crippen molar-refractivity contribution < 1.29 is 48.0 Å². The van der Waals surface area contributed by atoms with E-state index in [-0.39, 0.29) is 24.8 Å². The van der Waals surface area contributed by atoms with E-state index in [1.165, 1.54) is 50.9 Å². The summed E-state index contributed by atoms with van der Waals surface area (Å²) in [7, 11) is 0. The van der Waals surface area contributed by atoms with Crippen LogP contribution >= 0.6 is 0 Å². The van der Waals surface area contributed by atoms with Crippen molar-refractivity contribution >= 4 is 28.6 Å². The number of rotatable bonds is 2. The Morgan fingerprint density at radius 2 is 1.08 bits per heavy atom. The number of aromatic nitrogens is 4. The maximum absolute atomic E-state index is 4.62. The Kier molecular flexibility index (Phi) is 6.14. The zero-order chi connectivity index (χ0) is 16.1. The van der Waals surface area contributed by atoms with Crippen molar-refractivity contribution in [3.05, 3.63) is 46.5 Å². The molecule has 0 saturated heterocycles. The van der Waals surface area contributed by atoms with Gasteiger partial charge in [0.25, 0.3) is 0 Å². The molecule has 2 heterocycles. The molecule has 0 atom stereocenters. The van der Waals surface area contributed by atoms with Crippen molar-refractivity contribution in [3.8, 4) is 0 Å². The molecular weight excluding hydrogens is 434 g/mol. The largest absolute Gasteiger partial charge is 1.00 e. The van der Waals surface area contributed by atoms with Crippen LogP contribution in [0.4, 0.5) is 0 Å². The summed E-state index contributed by atoms with van der Waals surface area (Å²) < 4.78 is 2.45. The number of aryl methyl sites for hydroxylation is 4. The molecule has 0 aliphatic rings. The van der Waals surface area contributed by atoms with Crippen LogP contribution in [0.5, 0.6) is 0 Å². The molecule has 0 aliphatic heterocycles. The predicted octanol–water partition coefficient (Wildman–Crippen LogP) is -3.29. The van der Waals surface area contributed by atoms with Gasteiger partial charge in [-0.1, -0.05) is 0 Å². The molecule has 25 heavy (non-hydrogen) atoms. The number of fused-ring (bicyclic) bond motifs is 2. The van der Waals surface area contributed by atoms with Gasteiger partial charge in [0.1, 0.15) is 0 Å². The minimum Gasteiger partial charge on any atom is -1.00 e. The first-order valence-electron chi connectivity index (χ1n) is 7.70. The molecule has 0 bridgehead atoms. The zero-order valence-corrected chi connectivity index (χ0v) is 18.4. The maximum Gasteiger partial charge on any atom is -1.00 e. The molecule has 0 saturated carbocycles. The molecule has 7 heteroatoms. The average molecular weight is 453 g/mol. The van der Waals surface area contributed by atoms with E-state index in [4.69, 9.17) is 0 Å². The third-order valence-corrected chi connectivity index (χ3v) is 7.30. The third-order valence-electron chi connectivity index (χ3n) is 4.27. The van der Waals surface area contributed by atoms with Crippen molar-refractivity contribution in [2.75, 3.05) is 0 Å². The first-order chi connectivity index (χ1) is 11.0. The van der Waals surface area contributed by atoms with Gasteiger partial charge in [-0.25, -0.2) is 0 Å². The van der Waals surface area contributed by atoms with Crippen LogP contribution in [0.3, 0.4) is 0 Å². The zero-order valence-electron chi connectivity index (χ0n) is 14.5. The average Bonchev–Trinajstić information content (AvgIpc) is 3.05. The number of aromatic amines is 2. The quantitative estimate of drug-likeness (QED) is 0.335. The van der Waals surface area contributed by atoms with E-state index in [2.05, 4.69) is 72.4 Å². The fourth-order valence-electron chi connectivity index (χ4n) is 3.25. The molecule has 0 amide bonds. The van der Waals surface area contributed by atoms with Crippen molar-refractivity contribution in [2.24, 2.45) is 0 Å². The number of H-pyrrole nitrogens is 2. The summed E-state index contributed by atoms with van der Waals surface area (Å²) in [6, 6.07) is 8.89. The van der Waals surface area contributed by atoms with E-state index in [1.54, 1.807) is 0 Å². The minimum atomic E-state index is -1.07. The van der Waals surface area contributed by atoms with E-state index in [0.717, 1.165) is 0 Å². The van der Waals surface area contributed by atoms with E-state index in [1.807, 2.05) is 0 Å². The van der Waals surface area contributed by atoms with Crippen LogP contribution in [0.1, 0.15) is 22.3 Å². The SMILES string of the molecule is Cc1cc(C)c2[nH]n[c]([Zr+2][c]3n[nH]c4c(C)cc(C)cc34)c2c1.[Cl-].[Cl-]. The van der Waals surface area contributed by atoms with Crippen LogP contribution in [-0.2, 0) is 23.2 Å². The molecule has 4 rings (SSSR count). The molecule has 2 N–H and O–H groups in total. The van der Waals surface area contributed by atoms with E-state index in [0.29, 0.717) is 0 Å². The summed E-state index contributed by atoms with van der Waals surface area (Å²) in [5, 5.41) is 18.2. The standard InChI is InChI=1S/2C9H9N2.2ClH.Zr/c2*1-6-3-7(2)9-8(4-6)5-10-11-9;;;/h2*3-4H,1-2H3,(H,10,11);2*1H;/q;;;;+2/p-2. The van der Waals surface area contributed by atoms with Gasteiger partial charge < -0.3 is 24.8 Å². The fraction of sp³-hybridized carbons (Fsp3) is 0.222. The summed E-state index contributed by atoms with van der Waals surface area (Å²) in [6.45, 7) is 8.56. The Bertz CT molecular complexity index is 968. The summed E-state index contributed by atoms with van der Waals surface area (Å²) >= 11 is -1.07. The molecule has 128 valence electrons. The molecular formula is C18H18Cl2N4Zr. The minimum absolute atomic E-state index is 0. The topological polar surface area (TPSA) is 57.4 Å². The normalized spacial score (nSPS) is 10.4. The third kappa shape index (κ3) is 3.55. The van der Waals surface area contributed by atoms with Gasteiger partial charge in [0.15, 0.2) is 0 Å². The number of halogens is 2. The van der Waals surface area contributed by atoms with E-state index >= 15 is 0 Å². The Morgan fingerprint density at radius 1 is 0.680 bits per heavy atom. The summed E-state index contributed by atoms with van der Waals surface area (Å²) in [5.74, 6) is 0. The smallest absolute Gasteiger partial charge is 1.00 e. The van der Waals surface area contributed by atoms with Gasteiger partial charge >= 0.3 is 146 Å². The van der Waals surface area contributed by atoms with Gasteiger partial charge in [-0.05, 0) is 0 Å². The van der Waals surface area contributed by atoms with Gasteiger partial charge in [0, 0.05) is 0 Å². The summed E-state index contributed by atoms with van der Waals surface area (Å²) in [4.78, 5) is 0. The Balaban J connectivity index is 0.00000113. The Morgan fingerprint density at radius 3 is 1.48 bits per heavy atom. The number of hydrogen-bond acceptors (Lipinski definition) is 2. The van der Waals surface area contributed by atoms with Gasteiger partial charge in [0.2, 0.25) is 0 Å². The molecule has 2 aromatic heterocycles. The summed E-state index contributed by atoms with van der Waals surface area (Å²) in [6.07, 6.45) is 0. The van der Waals surface area contributed by atoms with Crippen molar-refractivity contribution in [3.63, 3.8) is 0 Å².